The van der Waals surface area contributed by atoms with E-state index in [-0.39, 0.29) is 18.5 Å². The second-order valence-electron chi connectivity index (χ2n) is 4.84. The van der Waals surface area contributed by atoms with E-state index in [1.165, 1.54) is 6.26 Å². The van der Waals surface area contributed by atoms with Gasteiger partial charge in [0.25, 0.3) is 0 Å². The zero-order chi connectivity index (χ0) is 15.2. The topological polar surface area (TPSA) is 118 Å². The molecule has 8 nitrogen and oxygen atoms in total. The minimum absolute atomic E-state index is 0.0260. The van der Waals surface area contributed by atoms with Gasteiger partial charge in [0, 0.05) is 0 Å². The van der Waals surface area contributed by atoms with Gasteiger partial charge in [-0.25, -0.2) is 4.79 Å². The van der Waals surface area contributed by atoms with Gasteiger partial charge in [0.2, 0.25) is 11.8 Å². The first-order valence-corrected chi connectivity index (χ1v) is 6.69. The van der Waals surface area contributed by atoms with Crippen LogP contribution in [0.25, 0.3) is 0 Å². The number of furan rings is 1. The Hall–Kier alpha value is -2.35. The molecule has 21 heavy (non-hydrogen) atoms. The van der Waals surface area contributed by atoms with E-state index >= 15 is 0 Å². The molecule has 0 spiro atoms. The first kappa shape index (κ1) is 15.0. The van der Waals surface area contributed by atoms with Crippen molar-refractivity contribution in [2.75, 3.05) is 13.1 Å². The molecule has 1 aliphatic rings. The number of urea groups is 1. The second kappa shape index (κ2) is 6.89. The number of likely N-dealkylation sites (tertiary alicyclic amines) is 1. The predicted octanol–water partition coefficient (Wildman–Crippen LogP) is -0.445. The third kappa shape index (κ3) is 4.32. The van der Waals surface area contributed by atoms with Gasteiger partial charge in [0.15, 0.2) is 0 Å². The summed E-state index contributed by atoms with van der Waals surface area (Å²) in [5.74, 6) is 0.00313. The lowest BCUT2D eigenvalue weighted by atomic mass is 10.2. The molecule has 1 fully saturated rings. The van der Waals surface area contributed by atoms with Crippen molar-refractivity contribution in [2.45, 2.75) is 25.4 Å². The fraction of sp³-hybridized carbons (Fsp3) is 0.462. The van der Waals surface area contributed by atoms with E-state index < -0.39 is 11.9 Å². The number of amides is 4. The van der Waals surface area contributed by atoms with Gasteiger partial charge in [-0.3, -0.25) is 19.8 Å². The third-order valence-electron chi connectivity index (χ3n) is 3.29. The van der Waals surface area contributed by atoms with Crippen molar-refractivity contribution in [3.05, 3.63) is 24.2 Å². The van der Waals surface area contributed by atoms with E-state index in [0.29, 0.717) is 25.3 Å². The van der Waals surface area contributed by atoms with Crippen LogP contribution in [-0.2, 0) is 16.1 Å². The number of imide groups is 1. The van der Waals surface area contributed by atoms with Gasteiger partial charge in [0.1, 0.15) is 5.76 Å². The van der Waals surface area contributed by atoms with Crippen LogP contribution in [0.1, 0.15) is 18.6 Å². The molecule has 2 rings (SSSR count). The number of nitrogens with one attached hydrogen (secondary N) is 2. The van der Waals surface area contributed by atoms with Crippen molar-refractivity contribution in [3.63, 3.8) is 0 Å². The number of rotatable bonds is 5. The van der Waals surface area contributed by atoms with Crippen molar-refractivity contribution >= 4 is 17.8 Å². The summed E-state index contributed by atoms with van der Waals surface area (Å²) >= 11 is 0. The molecular weight excluding hydrogens is 276 g/mol. The van der Waals surface area contributed by atoms with Crippen molar-refractivity contribution in [1.82, 2.24) is 15.5 Å². The Morgan fingerprint density at radius 3 is 2.90 bits per heavy atom. The lowest BCUT2D eigenvalue weighted by molar-refractivity contribution is -0.127. The molecular formula is C13H18N4O4. The number of carbonyl (C=O) groups is 3. The van der Waals surface area contributed by atoms with Crippen LogP contribution in [0.4, 0.5) is 4.79 Å². The summed E-state index contributed by atoms with van der Waals surface area (Å²) in [5, 5.41) is 4.77. The molecule has 1 atom stereocenters. The van der Waals surface area contributed by atoms with Gasteiger partial charge < -0.3 is 15.5 Å². The summed E-state index contributed by atoms with van der Waals surface area (Å²) in [4.78, 5) is 36.0. The van der Waals surface area contributed by atoms with Crippen LogP contribution in [0.5, 0.6) is 0 Å². The Kier molecular flexibility index (Phi) is 4.94. The van der Waals surface area contributed by atoms with Gasteiger partial charge in [-0.1, -0.05) is 0 Å². The lowest BCUT2D eigenvalue weighted by Gasteiger charge is -2.22. The molecule has 1 aliphatic heterocycles. The zero-order valence-corrected chi connectivity index (χ0v) is 11.5. The van der Waals surface area contributed by atoms with E-state index in [1.54, 1.807) is 17.0 Å². The number of nitrogens with two attached hydrogens (primary N) is 1. The quantitative estimate of drug-likeness (QED) is 0.680. The molecule has 4 N–H and O–H groups in total. The maximum absolute atomic E-state index is 12.1. The number of carbonyl (C=O) groups excluding carboxylic acids is 3. The Labute approximate surface area is 121 Å². The largest absolute Gasteiger partial charge is 0.467 e. The Balaban J connectivity index is 1.84. The Morgan fingerprint density at radius 1 is 1.43 bits per heavy atom. The average molecular weight is 294 g/mol. The number of primary amides is 1. The average Bonchev–Trinajstić information content (AvgIpc) is 3.05. The summed E-state index contributed by atoms with van der Waals surface area (Å²) in [7, 11) is 0. The smallest absolute Gasteiger partial charge is 0.318 e. The molecule has 1 aromatic rings. The van der Waals surface area contributed by atoms with Gasteiger partial charge in [0.05, 0.1) is 25.4 Å². The normalized spacial score (nSPS) is 18.4. The molecule has 1 saturated heterocycles. The van der Waals surface area contributed by atoms with Gasteiger partial charge in [-0.05, 0) is 31.5 Å². The number of hydrogen-bond donors (Lipinski definition) is 3. The van der Waals surface area contributed by atoms with Crippen LogP contribution in [0.2, 0.25) is 0 Å². The standard InChI is InChI=1S/C13H18N4O4/c14-13(20)16-11(18)8-17-5-1-4-10(17)12(19)15-7-9-3-2-6-21-9/h2-3,6,10H,1,4-5,7-8H2,(H,15,19)(H3,14,16,18,20). The van der Waals surface area contributed by atoms with Crippen molar-refractivity contribution in [1.29, 1.82) is 0 Å². The molecule has 2 heterocycles. The number of hydrogen-bond acceptors (Lipinski definition) is 5. The Bertz CT molecular complexity index is 514. The fourth-order valence-electron chi connectivity index (χ4n) is 2.38. The minimum atomic E-state index is -0.891. The third-order valence-corrected chi connectivity index (χ3v) is 3.29. The van der Waals surface area contributed by atoms with Crippen molar-refractivity contribution in [2.24, 2.45) is 5.73 Å². The molecule has 1 aromatic heterocycles. The van der Waals surface area contributed by atoms with Crippen molar-refractivity contribution in [3.8, 4) is 0 Å². The summed E-state index contributed by atoms with van der Waals surface area (Å²) in [6.07, 6.45) is 3.04. The molecule has 4 amide bonds. The SMILES string of the molecule is NC(=O)NC(=O)CN1CCCC1C(=O)NCc1ccco1. The first-order valence-electron chi connectivity index (χ1n) is 6.69. The summed E-state index contributed by atoms with van der Waals surface area (Å²) in [6, 6.07) is 2.25. The highest BCUT2D eigenvalue weighted by molar-refractivity contribution is 5.94. The summed E-state index contributed by atoms with van der Waals surface area (Å²) in [5.41, 5.74) is 4.88. The molecule has 0 bridgehead atoms. The fourth-order valence-corrected chi connectivity index (χ4v) is 2.38. The maximum atomic E-state index is 12.1. The highest BCUT2D eigenvalue weighted by Crippen LogP contribution is 2.17. The van der Waals surface area contributed by atoms with Crippen LogP contribution in [0.15, 0.2) is 22.8 Å². The van der Waals surface area contributed by atoms with Crippen LogP contribution < -0.4 is 16.4 Å². The maximum Gasteiger partial charge on any atom is 0.318 e. The molecule has 0 aliphatic carbocycles. The van der Waals surface area contributed by atoms with Crippen LogP contribution in [0, 0.1) is 0 Å². The predicted molar refractivity (Wildman–Crippen MR) is 72.9 cm³/mol. The summed E-state index contributed by atoms with van der Waals surface area (Å²) < 4.78 is 5.14. The highest BCUT2D eigenvalue weighted by atomic mass is 16.3. The summed E-state index contributed by atoms with van der Waals surface area (Å²) in [6.45, 7) is 0.913. The molecule has 0 radical (unpaired) electrons. The molecule has 114 valence electrons. The molecule has 0 saturated carbocycles. The van der Waals surface area contributed by atoms with Gasteiger partial charge >= 0.3 is 6.03 Å². The van der Waals surface area contributed by atoms with E-state index in [0.717, 1.165) is 6.42 Å². The lowest BCUT2D eigenvalue weighted by Crippen LogP contribution is -2.48. The van der Waals surface area contributed by atoms with E-state index in [4.69, 9.17) is 10.2 Å². The van der Waals surface area contributed by atoms with Crippen LogP contribution in [0.3, 0.4) is 0 Å². The van der Waals surface area contributed by atoms with E-state index in [9.17, 15) is 14.4 Å². The number of nitrogens with zero attached hydrogens (tertiary/aromatic N) is 1. The van der Waals surface area contributed by atoms with Gasteiger partial charge in [-0.2, -0.15) is 0 Å². The van der Waals surface area contributed by atoms with Gasteiger partial charge in [-0.15, -0.1) is 0 Å². The first-order chi connectivity index (χ1) is 10.1. The van der Waals surface area contributed by atoms with Crippen LogP contribution >= 0.6 is 0 Å². The Morgan fingerprint density at radius 2 is 2.24 bits per heavy atom. The minimum Gasteiger partial charge on any atom is -0.467 e. The monoisotopic (exact) mass is 294 g/mol. The van der Waals surface area contributed by atoms with E-state index in [1.807, 2.05) is 5.32 Å². The van der Waals surface area contributed by atoms with E-state index in [2.05, 4.69) is 5.32 Å². The molecule has 8 heteroatoms. The molecule has 1 unspecified atom stereocenters. The van der Waals surface area contributed by atoms with Crippen molar-refractivity contribution < 1.29 is 18.8 Å². The second-order valence-corrected chi connectivity index (χ2v) is 4.84. The zero-order valence-electron chi connectivity index (χ0n) is 11.5. The van der Waals surface area contributed by atoms with Crippen LogP contribution in [-0.4, -0.2) is 41.9 Å². The highest BCUT2D eigenvalue weighted by Gasteiger charge is 2.31. The molecule has 0 aromatic carbocycles.